The highest BCUT2D eigenvalue weighted by molar-refractivity contribution is 5.96. The Balaban J connectivity index is 2.33. The zero-order valence-corrected chi connectivity index (χ0v) is 9.00. The first-order valence-corrected chi connectivity index (χ1v) is 5.54. The molecule has 0 aromatic carbocycles. The lowest BCUT2D eigenvalue weighted by molar-refractivity contribution is -0.120. The summed E-state index contributed by atoms with van der Waals surface area (Å²) in [6.07, 6.45) is 5.70. The van der Waals surface area contributed by atoms with Gasteiger partial charge in [-0.3, -0.25) is 9.59 Å². The summed E-state index contributed by atoms with van der Waals surface area (Å²) in [5.41, 5.74) is 10.7. The summed E-state index contributed by atoms with van der Waals surface area (Å²) in [6.45, 7) is 0. The molecular formula is C11H19N2O2. The number of Topliss-reactive ketones (excluding diaryl/α,β-unsaturated/α-hetero) is 1. The van der Waals surface area contributed by atoms with Gasteiger partial charge in [0.15, 0.2) is 5.78 Å². The molecule has 0 aromatic heterocycles. The quantitative estimate of drug-likeness (QED) is 0.701. The molecule has 0 aromatic rings. The Morgan fingerprint density at radius 3 is 2.33 bits per heavy atom. The lowest BCUT2D eigenvalue weighted by Gasteiger charge is -2.22. The SMILES string of the molecule is NC(=O)CC[C@@H](N)C(=O)[C]1CCCCC1. The molecule has 1 saturated carbocycles. The molecule has 1 fully saturated rings. The van der Waals surface area contributed by atoms with Crippen LogP contribution in [0.25, 0.3) is 0 Å². The molecule has 0 saturated heterocycles. The highest BCUT2D eigenvalue weighted by atomic mass is 16.1. The molecule has 0 spiro atoms. The van der Waals surface area contributed by atoms with Crippen LogP contribution in [0.4, 0.5) is 0 Å². The Morgan fingerprint density at radius 2 is 1.80 bits per heavy atom. The van der Waals surface area contributed by atoms with Crippen molar-refractivity contribution in [1.29, 1.82) is 0 Å². The van der Waals surface area contributed by atoms with Gasteiger partial charge in [0.1, 0.15) is 0 Å². The molecule has 1 rings (SSSR count). The third-order valence-corrected chi connectivity index (χ3v) is 2.84. The van der Waals surface area contributed by atoms with E-state index in [1.54, 1.807) is 0 Å². The highest BCUT2D eigenvalue weighted by Crippen LogP contribution is 2.27. The third kappa shape index (κ3) is 4.00. The molecule has 1 radical (unpaired) electrons. The van der Waals surface area contributed by atoms with Crippen molar-refractivity contribution in [3.63, 3.8) is 0 Å². The third-order valence-electron chi connectivity index (χ3n) is 2.84. The van der Waals surface area contributed by atoms with Gasteiger partial charge < -0.3 is 11.5 Å². The van der Waals surface area contributed by atoms with Gasteiger partial charge in [0, 0.05) is 12.3 Å². The second-order valence-electron chi connectivity index (χ2n) is 4.14. The fraction of sp³-hybridized carbons (Fsp3) is 0.727. The summed E-state index contributed by atoms with van der Waals surface area (Å²) in [7, 11) is 0. The second kappa shape index (κ2) is 5.85. The monoisotopic (exact) mass is 211 g/mol. The minimum absolute atomic E-state index is 0.0379. The average molecular weight is 211 g/mol. The van der Waals surface area contributed by atoms with E-state index in [0.29, 0.717) is 6.42 Å². The van der Waals surface area contributed by atoms with E-state index in [9.17, 15) is 9.59 Å². The minimum atomic E-state index is -0.536. The number of rotatable bonds is 5. The van der Waals surface area contributed by atoms with Crippen molar-refractivity contribution >= 4 is 11.7 Å². The predicted octanol–water partition coefficient (Wildman–Crippen LogP) is 0.687. The molecule has 0 aliphatic heterocycles. The van der Waals surface area contributed by atoms with E-state index in [-0.39, 0.29) is 12.2 Å². The molecule has 1 atom stereocenters. The zero-order valence-electron chi connectivity index (χ0n) is 9.00. The van der Waals surface area contributed by atoms with Crippen LogP contribution in [0.15, 0.2) is 0 Å². The van der Waals surface area contributed by atoms with Crippen LogP contribution in [0.5, 0.6) is 0 Å². The molecule has 0 bridgehead atoms. The molecule has 0 unspecified atom stereocenters. The number of carbonyl (C=O) groups excluding carboxylic acids is 2. The van der Waals surface area contributed by atoms with Gasteiger partial charge in [0.05, 0.1) is 6.04 Å². The molecule has 1 aliphatic rings. The number of ketones is 1. The first kappa shape index (κ1) is 12.2. The first-order chi connectivity index (χ1) is 7.11. The van der Waals surface area contributed by atoms with Crippen LogP contribution in [-0.2, 0) is 9.59 Å². The standard InChI is InChI=1S/C11H19N2O2/c12-9(6-7-10(13)14)11(15)8-4-2-1-3-5-8/h9H,1-7,12H2,(H2,13,14)/t9-/m1/s1. The largest absolute Gasteiger partial charge is 0.370 e. The fourth-order valence-corrected chi connectivity index (χ4v) is 1.92. The molecule has 15 heavy (non-hydrogen) atoms. The minimum Gasteiger partial charge on any atom is -0.370 e. The molecule has 4 N–H and O–H groups in total. The number of hydrogen-bond donors (Lipinski definition) is 2. The number of primary amides is 1. The number of nitrogens with two attached hydrogens (primary N) is 2. The van der Waals surface area contributed by atoms with E-state index in [2.05, 4.69) is 0 Å². The normalized spacial score (nSPS) is 19.8. The summed E-state index contributed by atoms with van der Waals surface area (Å²) in [5, 5.41) is 0. The Hall–Kier alpha value is -0.900. The number of amides is 1. The van der Waals surface area contributed by atoms with E-state index >= 15 is 0 Å². The maximum atomic E-state index is 11.8. The van der Waals surface area contributed by atoms with E-state index < -0.39 is 11.9 Å². The van der Waals surface area contributed by atoms with Crippen LogP contribution < -0.4 is 11.5 Å². The van der Waals surface area contributed by atoms with Crippen molar-refractivity contribution in [2.45, 2.75) is 51.0 Å². The van der Waals surface area contributed by atoms with Gasteiger partial charge in [-0.2, -0.15) is 0 Å². The van der Waals surface area contributed by atoms with E-state index in [1.165, 1.54) is 6.42 Å². The average Bonchev–Trinajstić information content (AvgIpc) is 2.26. The second-order valence-corrected chi connectivity index (χ2v) is 4.14. The number of carbonyl (C=O) groups is 2. The Morgan fingerprint density at radius 1 is 1.20 bits per heavy atom. The van der Waals surface area contributed by atoms with Crippen molar-refractivity contribution < 1.29 is 9.59 Å². The van der Waals surface area contributed by atoms with Gasteiger partial charge in [-0.15, -0.1) is 0 Å². The highest BCUT2D eigenvalue weighted by Gasteiger charge is 2.26. The van der Waals surface area contributed by atoms with E-state index in [0.717, 1.165) is 31.6 Å². The molecule has 1 aliphatic carbocycles. The van der Waals surface area contributed by atoms with Gasteiger partial charge in [0.25, 0.3) is 0 Å². The number of hydrogen-bond acceptors (Lipinski definition) is 3. The fourth-order valence-electron chi connectivity index (χ4n) is 1.92. The van der Waals surface area contributed by atoms with Crippen LogP contribution in [0.1, 0.15) is 44.9 Å². The Kier molecular flexibility index (Phi) is 4.75. The summed E-state index contributed by atoms with van der Waals surface area (Å²) >= 11 is 0. The Labute approximate surface area is 90.4 Å². The van der Waals surface area contributed by atoms with E-state index in [1.807, 2.05) is 0 Å². The van der Waals surface area contributed by atoms with Crippen molar-refractivity contribution in [2.75, 3.05) is 0 Å². The van der Waals surface area contributed by atoms with E-state index in [4.69, 9.17) is 11.5 Å². The summed E-state index contributed by atoms with van der Waals surface area (Å²) in [5.74, 6) is 0.598. The molecule has 85 valence electrons. The van der Waals surface area contributed by atoms with Crippen LogP contribution in [-0.4, -0.2) is 17.7 Å². The lowest BCUT2D eigenvalue weighted by Crippen LogP contribution is -2.36. The topological polar surface area (TPSA) is 86.2 Å². The summed E-state index contributed by atoms with van der Waals surface area (Å²) in [6, 6.07) is -0.536. The summed E-state index contributed by atoms with van der Waals surface area (Å²) < 4.78 is 0. The van der Waals surface area contributed by atoms with Gasteiger partial charge in [-0.25, -0.2) is 0 Å². The predicted molar refractivity (Wildman–Crippen MR) is 57.7 cm³/mol. The van der Waals surface area contributed by atoms with Crippen LogP contribution >= 0.6 is 0 Å². The zero-order chi connectivity index (χ0) is 11.3. The van der Waals surface area contributed by atoms with Crippen LogP contribution in [0.3, 0.4) is 0 Å². The van der Waals surface area contributed by atoms with Crippen LogP contribution in [0.2, 0.25) is 0 Å². The van der Waals surface area contributed by atoms with Crippen LogP contribution in [0, 0.1) is 5.92 Å². The summed E-state index contributed by atoms with van der Waals surface area (Å²) in [4.78, 5) is 22.3. The van der Waals surface area contributed by atoms with Crippen molar-refractivity contribution in [3.05, 3.63) is 5.92 Å². The van der Waals surface area contributed by atoms with Crippen molar-refractivity contribution in [2.24, 2.45) is 11.5 Å². The van der Waals surface area contributed by atoms with Gasteiger partial charge >= 0.3 is 0 Å². The van der Waals surface area contributed by atoms with Gasteiger partial charge in [-0.05, 0) is 19.3 Å². The lowest BCUT2D eigenvalue weighted by atomic mass is 9.83. The smallest absolute Gasteiger partial charge is 0.217 e. The first-order valence-electron chi connectivity index (χ1n) is 5.54. The molecular weight excluding hydrogens is 192 g/mol. The van der Waals surface area contributed by atoms with Gasteiger partial charge in [-0.1, -0.05) is 19.3 Å². The Bertz CT molecular complexity index is 235. The molecule has 4 heteroatoms. The van der Waals surface area contributed by atoms with Gasteiger partial charge in [0.2, 0.25) is 5.91 Å². The maximum Gasteiger partial charge on any atom is 0.217 e. The van der Waals surface area contributed by atoms with Crippen molar-refractivity contribution in [1.82, 2.24) is 0 Å². The van der Waals surface area contributed by atoms with Crippen molar-refractivity contribution in [3.8, 4) is 0 Å². The molecule has 1 amide bonds. The maximum absolute atomic E-state index is 11.8. The molecule has 0 heterocycles. The molecule has 4 nitrogen and oxygen atoms in total.